The van der Waals surface area contributed by atoms with Crippen LogP contribution in [0.4, 0.5) is 0 Å². The molecular weight excluding hydrogens is 931 g/mol. The van der Waals surface area contributed by atoms with Crippen LogP contribution in [-0.2, 0) is 14.3 Å². The van der Waals surface area contributed by atoms with E-state index >= 15 is 0 Å². The second-order valence-corrected chi connectivity index (χ2v) is 22.1. The number of ether oxygens (including phenoxy) is 2. The van der Waals surface area contributed by atoms with Gasteiger partial charge in [0, 0.05) is 0 Å². The standard InChI is InChI=1S/C63H119NO10/c1-3-5-7-9-11-13-15-17-18-19-20-21-22-23-24-25-26-27-28-29-30-31-32-33-34-35-36-37-39-41-43-45-47-49-51-56(67)62(72)64-54(53-73-63-61(71)60(70)59(69)57(52-65)74-63)58(68)55(66)50-48-46-44-42-40-38-16-14-12-10-8-6-4-2/h6,8,14,16,42,44,54-61,63,65-71H,3-5,7,9-13,15,17-41,43,45-53H2,1-2H3,(H,64,72)/b8-6+,16-14+,44-42+. The molecule has 9 unspecified atom stereocenters. The third kappa shape index (κ3) is 39.7. The summed E-state index contributed by atoms with van der Waals surface area (Å²) < 4.78 is 11.1. The summed E-state index contributed by atoms with van der Waals surface area (Å²) >= 11 is 0. The van der Waals surface area contributed by atoms with Crippen LogP contribution in [0, 0.1) is 0 Å². The molecule has 436 valence electrons. The first-order valence-corrected chi connectivity index (χ1v) is 31.4. The molecular formula is C63H119NO10. The molecule has 0 radical (unpaired) electrons. The van der Waals surface area contributed by atoms with Gasteiger partial charge in [0.25, 0.3) is 0 Å². The van der Waals surface area contributed by atoms with Crippen molar-refractivity contribution in [3.63, 3.8) is 0 Å². The minimum Gasteiger partial charge on any atom is -0.394 e. The molecule has 1 saturated heterocycles. The fourth-order valence-corrected chi connectivity index (χ4v) is 10.1. The minimum absolute atomic E-state index is 0.241. The summed E-state index contributed by atoms with van der Waals surface area (Å²) in [5.74, 6) is -0.709. The number of allylic oxidation sites excluding steroid dienone is 6. The number of aliphatic hydroxyl groups excluding tert-OH is 7. The molecule has 1 amide bonds. The van der Waals surface area contributed by atoms with Crippen molar-refractivity contribution in [1.82, 2.24) is 5.32 Å². The Balaban J connectivity index is 2.15. The van der Waals surface area contributed by atoms with Crippen molar-refractivity contribution in [2.45, 2.75) is 345 Å². The zero-order valence-electron chi connectivity index (χ0n) is 47.8. The average Bonchev–Trinajstić information content (AvgIpc) is 3.40. The Morgan fingerprint density at radius 1 is 0.473 bits per heavy atom. The maximum atomic E-state index is 13.2. The molecule has 0 aliphatic carbocycles. The Hall–Kier alpha value is -1.67. The van der Waals surface area contributed by atoms with E-state index in [4.69, 9.17) is 9.47 Å². The van der Waals surface area contributed by atoms with Crippen LogP contribution in [0.2, 0.25) is 0 Å². The molecule has 74 heavy (non-hydrogen) atoms. The fourth-order valence-electron chi connectivity index (χ4n) is 10.1. The predicted octanol–water partition coefficient (Wildman–Crippen LogP) is 13.9. The van der Waals surface area contributed by atoms with Gasteiger partial charge in [0.05, 0.1) is 25.4 Å². The van der Waals surface area contributed by atoms with Gasteiger partial charge in [-0.2, -0.15) is 0 Å². The van der Waals surface area contributed by atoms with Gasteiger partial charge in [0.1, 0.15) is 36.6 Å². The molecule has 11 nitrogen and oxygen atoms in total. The monoisotopic (exact) mass is 1050 g/mol. The van der Waals surface area contributed by atoms with Crippen LogP contribution in [0.3, 0.4) is 0 Å². The van der Waals surface area contributed by atoms with Crippen LogP contribution >= 0.6 is 0 Å². The van der Waals surface area contributed by atoms with Gasteiger partial charge in [-0.15, -0.1) is 0 Å². The highest BCUT2D eigenvalue weighted by Crippen LogP contribution is 2.24. The van der Waals surface area contributed by atoms with E-state index in [9.17, 15) is 40.5 Å². The molecule has 1 aliphatic heterocycles. The molecule has 1 aliphatic rings. The van der Waals surface area contributed by atoms with E-state index in [-0.39, 0.29) is 12.8 Å². The van der Waals surface area contributed by atoms with Crippen LogP contribution in [0.15, 0.2) is 36.5 Å². The van der Waals surface area contributed by atoms with Crippen LogP contribution < -0.4 is 5.32 Å². The van der Waals surface area contributed by atoms with Gasteiger partial charge in [-0.25, -0.2) is 0 Å². The Labute approximate surface area is 454 Å². The van der Waals surface area contributed by atoms with Crippen molar-refractivity contribution in [1.29, 1.82) is 0 Å². The van der Waals surface area contributed by atoms with Crippen molar-refractivity contribution in [2.24, 2.45) is 0 Å². The molecule has 0 saturated carbocycles. The Kier molecular flexibility index (Phi) is 49.5. The number of carbonyl (C=O) groups excluding carboxylic acids is 1. The first-order chi connectivity index (χ1) is 36.2. The number of hydrogen-bond donors (Lipinski definition) is 8. The van der Waals surface area contributed by atoms with Gasteiger partial charge in [-0.1, -0.05) is 269 Å². The topological polar surface area (TPSA) is 189 Å². The minimum atomic E-state index is -1.67. The van der Waals surface area contributed by atoms with Gasteiger partial charge in [-0.05, 0) is 57.8 Å². The highest BCUT2D eigenvalue weighted by molar-refractivity contribution is 5.80. The van der Waals surface area contributed by atoms with Gasteiger partial charge in [-0.3, -0.25) is 4.79 Å². The maximum Gasteiger partial charge on any atom is 0.249 e. The number of carbonyl (C=O) groups is 1. The van der Waals surface area contributed by atoms with Gasteiger partial charge in [0.2, 0.25) is 5.91 Å². The largest absolute Gasteiger partial charge is 0.394 e. The van der Waals surface area contributed by atoms with E-state index in [1.165, 1.54) is 193 Å². The van der Waals surface area contributed by atoms with Crippen molar-refractivity contribution >= 4 is 5.91 Å². The number of unbranched alkanes of at least 4 members (excludes halogenated alkanes) is 36. The summed E-state index contributed by atoms with van der Waals surface area (Å²) in [5.41, 5.74) is 0. The molecule has 0 aromatic rings. The lowest BCUT2D eigenvalue weighted by Gasteiger charge is -2.40. The van der Waals surface area contributed by atoms with E-state index in [1.54, 1.807) is 0 Å². The van der Waals surface area contributed by atoms with Crippen LogP contribution in [0.25, 0.3) is 0 Å². The molecule has 8 N–H and O–H groups in total. The summed E-state index contributed by atoms with van der Waals surface area (Å²) in [7, 11) is 0. The summed E-state index contributed by atoms with van der Waals surface area (Å²) in [4.78, 5) is 13.2. The zero-order valence-corrected chi connectivity index (χ0v) is 47.8. The van der Waals surface area contributed by atoms with Crippen molar-refractivity contribution < 1.29 is 50.0 Å². The highest BCUT2D eigenvalue weighted by Gasteiger charge is 2.44. The lowest BCUT2D eigenvalue weighted by Crippen LogP contribution is -2.60. The Bertz CT molecular complexity index is 1300. The van der Waals surface area contributed by atoms with Gasteiger partial charge < -0.3 is 50.5 Å². The van der Waals surface area contributed by atoms with E-state index in [1.807, 2.05) is 0 Å². The second kappa shape index (κ2) is 52.1. The lowest BCUT2D eigenvalue weighted by atomic mass is 9.98. The van der Waals surface area contributed by atoms with E-state index < -0.39 is 74.2 Å². The number of amides is 1. The molecule has 1 rings (SSSR count). The summed E-state index contributed by atoms with van der Waals surface area (Å²) in [6.45, 7) is 3.34. The summed E-state index contributed by atoms with van der Waals surface area (Å²) in [5, 5.41) is 76.0. The molecule has 0 aromatic heterocycles. The van der Waals surface area contributed by atoms with E-state index in [2.05, 4.69) is 55.6 Å². The third-order valence-electron chi connectivity index (χ3n) is 15.2. The smallest absolute Gasteiger partial charge is 0.249 e. The Morgan fingerprint density at radius 2 is 0.838 bits per heavy atom. The zero-order chi connectivity index (χ0) is 54.0. The first kappa shape index (κ1) is 70.3. The summed E-state index contributed by atoms with van der Waals surface area (Å²) in [6.07, 6.45) is 53.9. The van der Waals surface area contributed by atoms with Gasteiger partial charge >= 0.3 is 0 Å². The van der Waals surface area contributed by atoms with Crippen molar-refractivity contribution in [2.75, 3.05) is 13.2 Å². The summed E-state index contributed by atoms with van der Waals surface area (Å²) in [6, 6.07) is -1.19. The molecule has 0 aromatic carbocycles. The number of nitrogens with one attached hydrogen (secondary N) is 1. The average molecular weight is 1050 g/mol. The predicted molar refractivity (Wildman–Crippen MR) is 307 cm³/mol. The fraction of sp³-hybridized carbons (Fsp3) is 0.889. The van der Waals surface area contributed by atoms with Gasteiger partial charge in [0.15, 0.2) is 6.29 Å². The molecule has 11 heteroatoms. The quantitative estimate of drug-likeness (QED) is 0.0215. The number of aliphatic hydroxyl groups is 7. The van der Waals surface area contributed by atoms with E-state index in [0.717, 1.165) is 51.4 Å². The lowest BCUT2D eigenvalue weighted by molar-refractivity contribution is -0.303. The number of hydrogen-bond acceptors (Lipinski definition) is 10. The molecule has 0 bridgehead atoms. The molecule has 9 atom stereocenters. The molecule has 0 spiro atoms. The SMILES string of the molecule is CC/C=C/CC/C=C/CC/C=C/CCCC(O)C(O)C(COC1OC(CO)C(O)C(O)C1O)NC(=O)C(O)CCCCCCCCCCCCCCCCCCCCCCCCCCCCCCCCCCCC. The molecule has 1 fully saturated rings. The van der Waals surface area contributed by atoms with E-state index in [0.29, 0.717) is 19.3 Å². The number of rotatable bonds is 54. The third-order valence-corrected chi connectivity index (χ3v) is 15.2. The Morgan fingerprint density at radius 3 is 1.22 bits per heavy atom. The normalized spacial score (nSPS) is 20.0. The van der Waals surface area contributed by atoms with Crippen LogP contribution in [-0.4, -0.2) is 110 Å². The van der Waals surface area contributed by atoms with Crippen molar-refractivity contribution in [3.05, 3.63) is 36.5 Å². The first-order valence-electron chi connectivity index (χ1n) is 31.4. The second-order valence-electron chi connectivity index (χ2n) is 22.1. The van der Waals surface area contributed by atoms with Crippen LogP contribution in [0.5, 0.6) is 0 Å². The highest BCUT2D eigenvalue weighted by atomic mass is 16.7. The molecule has 1 heterocycles. The van der Waals surface area contributed by atoms with Crippen molar-refractivity contribution in [3.8, 4) is 0 Å². The van der Waals surface area contributed by atoms with Crippen LogP contribution in [0.1, 0.15) is 290 Å². The maximum absolute atomic E-state index is 13.2.